The fourth-order valence-electron chi connectivity index (χ4n) is 3.51. The summed E-state index contributed by atoms with van der Waals surface area (Å²) < 4.78 is 43.6. The highest BCUT2D eigenvalue weighted by atomic mass is 35.5. The predicted molar refractivity (Wildman–Crippen MR) is 108 cm³/mol. The smallest absolute Gasteiger partial charge is 0.307 e. The van der Waals surface area contributed by atoms with Crippen LogP contribution in [0.3, 0.4) is 0 Å². The van der Waals surface area contributed by atoms with Crippen molar-refractivity contribution in [1.29, 1.82) is 0 Å². The van der Waals surface area contributed by atoms with Gasteiger partial charge in [-0.05, 0) is 47.9 Å². The highest BCUT2D eigenvalue weighted by Crippen LogP contribution is 2.41. The van der Waals surface area contributed by atoms with E-state index >= 15 is 0 Å². The molecule has 1 aliphatic heterocycles. The lowest BCUT2D eigenvalue weighted by Crippen LogP contribution is -2.41. The lowest BCUT2D eigenvalue weighted by molar-refractivity contribution is -0.141. The quantitative estimate of drug-likeness (QED) is 0.643. The van der Waals surface area contributed by atoms with E-state index in [0.29, 0.717) is 28.5 Å². The van der Waals surface area contributed by atoms with Crippen molar-refractivity contribution >= 4 is 27.6 Å². The number of sulfonamides is 1. The van der Waals surface area contributed by atoms with Gasteiger partial charge in [-0.3, -0.25) is 4.79 Å². The van der Waals surface area contributed by atoms with Crippen LogP contribution in [0.4, 0.5) is 0 Å². The van der Waals surface area contributed by atoms with Crippen molar-refractivity contribution in [3.8, 4) is 11.5 Å². The number of rotatable bonds is 6. The van der Waals surface area contributed by atoms with Crippen molar-refractivity contribution < 1.29 is 27.4 Å². The zero-order valence-electron chi connectivity index (χ0n) is 16.3. The summed E-state index contributed by atoms with van der Waals surface area (Å²) in [5.74, 6) is 0.501. The number of carbonyl (C=O) groups is 1. The summed E-state index contributed by atoms with van der Waals surface area (Å²) in [6.07, 6.45) is 0.339. The fraction of sp³-hybridized carbons (Fsp3) is 0.350. The first-order valence-electron chi connectivity index (χ1n) is 8.90. The summed E-state index contributed by atoms with van der Waals surface area (Å²) in [5, 5.41) is 0.319. The molecule has 0 spiro atoms. The molecule has 0 bridgehead atoms. The SMILES string of the molecule is COC(=O)C[C@H]1c2cc(OC)c(OC)cc2CCN1S(=O)(=O)c1cccc(Cl)c1. The number of halogens is 1. The van der Waals surface area contributed by atoms with Crippen LogP contribution < -0.4 is 9.47 Å². The monoisotopic (exact) mass is 439 g/mol. The summed E-state index contributed by atoms with van der Waals surface area (Å²) in [6.45, 7) is 0.207. The van der Waals surface area contributed by atoms with Gasteiger partial charge in [-0.2, -0.15) is 4.31 Å². The molecule has 1 atom stereocenters. The van der Waals surface area contributed by atoms with E-state index in [9.17, 15) is 13.2 Å². The van der Waals surface area contributed by atoms with Gasteiger partial charge in [-0.25, -0.2) is 8.42 Å². The van der Waals surface area contributed by atoms with Gasteiger partial charge in [-0.15, -0.1) is 0 Å². The van der Waals surface area contributed by atoms with Crippen LogP contribution in [-0.2, 0) is 26.0 Å². The van der Waals surface area contributed by atoms with E-state index in [0.717, 1.165) is 5.56 Å². The Labute approximate surface area is 175 Å². The Hall–Kier alpha value is -2.29. The van der Waals surface area contributed by atoms with Crippen LogP contribution >= 0.6 is 11.6 Å². The first-order valence-corrected chi connectivity index (χ1v) is 10.7. The highest BCUT2D eigenvalue weighted by molar-refractivity contribution is 7.89. The minimum absolute atomic E-state index is 0.0730. The number of methoxy groups -OCH3 is 3. The third-order valence-corrected chi connectivity index (χ3v) is 7.08. The van der Waals surface area contributed by atoms with E-state index in [2.05, 4.69) is 0 Å². The van der Waals surface area contributed by atoms with Crippen LogP contribution in [0.5, 0.6) is 11.5 Å². The molecule has 0 radical (unpaired) electrons. The van der Waals surface area contributed by atoms with Crippen molar-refractivity contribution in [2.45, 2.75) is 23.8 Å². The topological polar surface area (TPSA) is 82.1 Å². The molecule has 0 amide bonds. The molecular formula is C20H22ClNO6S. The Morgan fingerprint density at radius 2 is 1.83 bits per heavy atom. The maximum atomic E-state index is 13.4. The van der Waals surface area contributed by atoms with Gasteiger partial charge in [0.05, 0.1) is 38.7 Å². The molecule has 0 fully saturated rings. The van der Waals surface area contributed by atoms with E-state index in [1.165, 1.54) is 37.8 Å². The summed E-state index contributed by atoms with van der Waals surface area (Å²) >= 11 is 6.00. The Kier molecular flexibility index (Phi) is 6.36. The summed E-state index contributed by atoms with van der Waals surface area (Å²) in [5.41, 5.74) is 1.58. The Balaban J connectivity index is 2.12. The summed E-state index contributed by atoms with van der Waals surface area (Å²) in [4.78, 5) is 12.2. The van der Waals surface area contributed by atoms with Crippen molar-refractivity contribution in [2.24, 2.45) is 0 Å². The molecule has 0 aliphatic carbocycles. The molecule has 0 N–H and O–H groups in total. The number of hydrogen-bond donors (Lipinski definition) is 0. The minimum Gasteiger partial charge on any atom is -0.493 e. The maximum absolute atomic E-state index is 13.4. The molecule has 0 saturated carbocycles. The first-order chi connectivity index (χ1) is 13.8. The third-order valence-electron chi connectivity index (χ3n) is 4.94. The third kappa shape index (κ3) is 4.19. The van der Waals surface area contributed by atoms with E-state index in [1.54, 1.807) is 18.2 Å². The molecule has 0 saturated heterocycles. The summed E-state index contributed by atoms with van der Waals surface area (Å²) in [7, 11) is 0.417. The zero-order chi connectivity index (χ0) is 21.2. The lowest BCUT2D eigenvalue weighted by Gasteiger charge is -2.36. The van der Waals surface area contributed by atoms with E-state index < -0.39 is 22.0 Å². The molecule has 9 heteroatoms. The second-order valence-corrected chi connectivity index (χ2v) is 8.85. The number of fused-ring (bicyclic) bond motifs is 1. The van der Waals surface area contributed by atoms with Gasteiger partial charge in [0.15, 0.2) is 11.5 Å². The van der Waals surface area contributed by atoms with Gasteiger partial charge in [0.25, 0.3) is 0 Å². The standard InChI is InChI=1S/C20H22ClNO6S/c1-26-18-9-13-7-8-22(29(24,25)15-6-4-5-14(21)10-15)17(12-20(23)28-3)16(13)11-19(18)27-2/h4-6,9-11,17H,7-8,12H2,1-3H3/t17-/m0/s1. The molecule has 156 valence electrons. The summed E-state index contributed by atoms with van der Waals surface area (Å²) in [6, 6.07) is 8.88. The van der Waals surface area contributed by atoms with Gasteiger partial charge in [0.2, 0.25) is 10.0 Å². The molecule has 2 aromatic carbocycles. The second kappa shape index (κ2) is 8.61. The molecule has 1 heterocycles. The Morgan fingerprint density at radius 1 is 1.14 bits per heavy atom. The average Bonchev–Trinajstić information content (AvgIpc) is 2.72. The van der Waals surface area contributed by atoms with Crippen LogP contribution in [-0.4, -0.2) is 46.6 Å². The Bertz CT molecular complexity index is 1020. The normalized spacial score (nSPS) is 16.8. The van der Waals surface area contributed by atoms with Gasteiger partial charge >= 0.3 is 5.97 Å². The number of benzene rings is 2. The van der Waals surface area contributed by atoms with Crippen molar-refractivity contribution in [1.82, 2.24) is 4.31 Å². The number of ether oxygens (including phenoxy) is 3. The molecule has 2 aromatic rings. The van der Waals surface area contributed by atoms with Crippen LogP contribution in [0.25, 0.3) is 0 Å². The van der Waals surface area contributed by atoms with Gasteiger partial charge in [0, 0.05) is 11.6 Å². The number of nitrogens with zero attached hydrogens (tertiary/aromatic N) is 1. The van der Waals surface area contributed by atoms with Crippen LogP contribution in [0.2, 0.25) is 5.02 Å². The molecule has 29 heavy (non-hydrogen) atoms. The van der Waals surface area contributed by atoms with E-state index in [4.69, 9.17) is 25.8 Å². The molecule has 0 aromatic heterocycles. The Morgan fingerprint density at radius 3 is 2.45 bits per heavy atom. The molecule has 7 nitrogen and oxygen atoms in total. The van der Waals surface area contributed by atoms with Crippen molar-refractivity contribution in [3.63, 3.8) is 0 Å². The van der Waals surface area contributed by atoms with Gasteiger partial charge < -0.3 is 14.2 Å². The van der Waals surface area contributed by atoms with Crippen LogP contribution in [0.15, 0.2) is 41.3 Å². The van der Waals surface area contributed by atoms with E-state index in [1.807, 2.05) is 6.07 Å². The highest BCUT2D eigenvalue weighted by Gasteiger charge is 2.38. The zero-order valence-corrected chi connectivity index (χ0v) is 17.9. The average molecular weight is 440 g/mol. The minimum atomic E-state index is -3.90. The van der Waals surface area contributed by atoms with Crippen LogP contribution in [0, 0.1) is 0 Å². The predicted octanol–water partition coefficient (Wildman–Crippen LogP) is 3.21. The largest absolute Gasteiger partial charge is 0.493 e. The van der Waals surface area contributed by atoms with Crippen LogP contribution in [0.1, 0.15) is 23.6 Å². The number of esters is 1. The van der Waals surface area contributed by atoms with Crippen molar-refractivity contribution in [3.05, 3.63) is 52.5 Å². The van der Waals surface area contributed by atoms with Crippen molar-refractivity contribution in [2.75, 3.05) is 27.9 Å². The van der Waals surface area contributed by atoms with Gasteiger partial charge in [-0.1, -0.05) is 17.7 Å². The molecule has 0 unspecified atom stereocenters. The lowest BCUT2D eigenvalue weighted by atomic mass is 9.91. The van der Waals surface area contributed by atoms with Gasteiger partial charge in [0.1, 0.15) is 0 Å². The maximum Gasteiger partial charge on any atom is 0.307 e. The molecular weight excluding hydrogens is 418 g/mol. The second-order valence-electron chi connectivity index (χ2n) is 6.53. The number of hydrogen-bond acceptors (Lipinski definition) is 6. The number of carbonyl (C=O) groups excluding carboxylic acids is 1. The van der Waals surface area contributed by atoms with E-state index in [-0.39, 0.29) is 17.9 Å². The molecule has 1 aliphatic rings. The fourth-order valence-corrected chi connectivity index (χ4v) is 5.42. The first kappa shape index (κ1) is 21.4. The molecule has 3 rings (SSSR count).